The van der Waals surface area contributed by atoms with Crippen LogP contribution in [0.15, 0.2) is 55.1 Å². The number of hydrogen-bond donors (Lipinski definition) is 1. The molecule has 0 atom stereocenters. The fourth-order valence-electron chi connectivity index (χ4n) is 5.54. The Kier molecular flexibility index (Phi) is 13.7. The Morgan fingerprint density at radius 2 is 1.56 bits per heavy atom. The first-order valence-corrected chi connectivity index (χ1v) is 15.5. The van der Waals surface area contributed by atoms with Crippen LogP contribution in [0, 0.1) is 17.7 Å². The van der Waals surface area contributed by atoms with Crippen molar-refractivity contribution in [3.8, 4) is 0 Å². The fourth-order valence-corrected chi connectivity index (χ4v) is 5.83. The predicted molar refractivity (Wildman–Crippen MR) is 166 cm³/mol. The molecule has 2 heterocycles. The predicted octanol–water partition coefficient (Wildman–Crippen LogP) is 6.87. The summed E-state index contributed by atoms with van der Waals surface area (Å²) in [6.45, 7) is 8.26. The van der Waals surface area contributed by atoms with Crippen LogP contribution in [-0.4, -0.2) is 78.1 Å². The van der Waals surface area contributed by atoms with Gasteiger partial charge in [0, 0.05) is 31.2 Å². The lowest BCUT2D eigenvalue weighted by Crippen LogP contribution is -2.45. The molecule has 13 heteroatoms. The van der Waals surface area contributed by atoms with Crippen LogP contribution in [0.2, 0.25) is 10.0 Å². The number of likely N-dealkylation sites (tertiary alicyclic amines) is 2. The van der Waals surface area contributed by atoms with E-state index in [0.29, 0.717) is 48.4 Å². The summed E-state index contributed by atoms with van der Waals surface area (Å²) in [5, 5.41) is 8.01. The highest BCUT2D eigenvalue weighted by Crippen LogP contribution is 2.30. The van der Waals surface area contributed by atoms with Crippen LogP contribution in [-0.2, 0) is 20.8 Å². The Balaban J connectivity index is 0.000000707. The van der Waals surface area contributed by atoms with Gasteiger partial charge in [0.2, 0.25) is 11.8 Å². The molecular weight excluding hydrogens is 637 g/mol. The summed E-state index contributed by atoms with van der Waals surface area (Å²) in [7, 11) is 0. The molecule has 0 radical (unpaired) electrons. The second kappa shape index (κ2) is 17.0. The van der Waals surface area contributed by atoms with Gasteiger partial charge in [-0.1, -0.05) is 41.9 Å². The van der Waals surface area contributed by atoms with Gasteiger partial charge in [-0.05, 0) is 106 Å². The molecule has 2 aliphatic rings. The Hall–Kier alpha value is -3.15. The van der Waals surface area contributed by atoms with Gasteiger partial charge >= 0.3 is 12.1 Å². The number of aliphatic carboxylic acids is 1. The van der Waals surface area contributed by atoms with Crippen LogP contribution in [0.5, 0.6) is 0 Å². The number of carbonyl (C=O) groups is 3. The van der Waals surface area contributed by atoms with Crippen molar-refractivity contribution >= 4 is 46.7 Å². The monoisotopic (exact) mass is 673 g/mol. The number of alkyl halides is 3. The lowest BCUT2D eigenvalue weighted by atomic mass is 9.90. The van der Waals surface area contributed by atoms with Gasteiger partial charge in [-0.25, -0.2) is 9.18 Å². The van der Waals surface area contributed by atoms with Crippen molar-refractivity contribution in [2.75, 3.05) is 44.2 Å². The van der Waals surface area contributed by atoms with Crippen molar-refractivity contribution < 1.29 is 37.1 Å². The molecule has 0 unspecified atom stereocenters. The van der Waals surface area contributed by atoms with E-state index >= 15 is 0 Å². The quantitative estimate of drug-likeness (QED) is 0.232. The van der Waals surface area contributed by atoms with Gasteiger partial charge in [-0.15, -0.1) is 0 Å². The van der Waals surface area contributed by atoms with E-state index < -0.39 is 12.1 Å². The molecule has 0 spiro atoms. The molecule has 0 saturated carbocycles. The second-order valence-electron chi connectivity index (χ2n) is 11.2. The zero-order valence-corrected chi connectivity index (χ0v) is 26.3. The zero-order valence-electron chi connectivity index (χ0n) is 24.7. The average molecular weight is 675 g/mol. The lowest BCUT2D eigenvalue weighted by Gasteiger charge is -2.35. The highest BCUT2D eigenvalue weighted by atomic mass is 35.5. The highest BCUT2D eigenvalue weighted by Gasteiger charge is 2.38. The first-order valence-electron chi connectivity index (χ1n) is 14.7. The van der Waals surface area contributed by atoms with E-state index in [9.17, 15) is 27.2 Å². The van der Waals surface area contributed by atoms with Gasteiger partial charge in [-0.3, -0.25) is 9.59 Å². The number of nitrogens with zero attached hydrogens (tertiary/aromatic N) is 3. The van der Waals surface area contributed by atoms with Gasteiger partial charge in [0.15, 0.2) is 0 Å². The Morgan fingerprint density at radius 1 is 0.956 bits per heavy atom. The van der Waals surface area contributed by atoms with E-state index in [1.807, 2.05) is 23.1 Å². The lowest BCUT2D eigenvalue weighted by molar-refractivity contribution is -0.192. The van der Waals surface area contributed by atoms with Gasteiger partial charge in [-0.2, -0.15) is 13.2 Å². The number of carboxylic acid groups (broad SMARTS) is 1. The van der Waals surface area contributed by atoms with Crippen LogP contribution in [0.4, 0.5) is 23.2 Å². The Morgan fingerprint density at radius 3 is 2.09 bits per heavy atom. The molecule has 2 fully saturated rings. The third kappa shape index (κ3) is 11.3. The molecular formula is C32H37Cl2F4N3O4. The standard InChI is InChI=1S/C30H36Cl2FN3O2.C2HF3O2/c1-2-29(37)35-18-12-24(13-19-35)30(38)36(26-8-9-27(31)28(32)21-26)15-3-14-34-16-10-23(11-17-34)20-22-4-6-25(33)7-5-22;3-2(4,5)1(6)7/h2,4-9,21,23-24H,1,3,10-20H2;(H,6,7). The first kappa shape index (κ1) is 36.3. The number of benzene rings is 2. The number of rotatable bonds is 9. The maximum absolute atomic E-state index is 13.6. The summed E-state index contributed by atoms with van der Waals surface area (Å²) in [6, 6.07) is 12.2. The summed E-state index contributed by atoms with van der Waals surface area (Å²) in [6.07, 6.45) is 1.60. The average Bonchev–Trinajstić information content (AvgIpc) is 3.02. The van der Waals surface area contributed by atoms with Gasteiger partial charge < -0.3 is 19.8 Å². The number of carboxylic acids is 1. The molecule has 2 aromatic rings. The van der Waals surface area contributed by atoms with Crippen molar-refractivity contribution in [1.82, 2.24) is 9.80 Å². The smallest absolute Gasteiger partial charge is 0.475 e. The fraction of sp³-hybridized carbons (Fsp3) is 0.469. The van der Waals surface area contributed by atoms with Crippen LogP contribution in [0.25, 0.3) is 0 Å². The summed E-state index contributed by atoms with van der Waals surface area (Å²) >= 11 is 12.4. The van der Waals surface area contributed by atoms with Crippen molar-refractivity contribution in [3.05, 3.63) is 76.5 Å². The van der Waals surface area contributed by atoms with Gasteiger partial charge in [0.25, 0.3) is 0 Å². The normalized spacial score (nSPS) is 16.4. The molecule has 0 aliphatic carbocycles. The number of amides is 2. The van der Waals surface area contributed by atoms with E-state index in [4.69, 9.17) is 33.1 Å². The molecule has 4 rings (SSSR count). The van der Waals surface area contributed by atoms with E-state index in [2.05, 4.69) is 11.5 Å². The number of halogens is 6. The van der Waals surface area contributed by atoms with E-state index in [0.717, 1.165) is 51.0 Å². The molecule has 0 aromatic heterocycles. The molecule has 2 amide bonds. The van der Waals surface area contributed by atoms with Crippen LogP contribution >= 0.6 is 23.2 Å². The zero-order chi connectivity index (χ0) is 33.1. The molecule has 246 valence electrons. The summed E-state index contributed by atoms with van der Waals surface area (Å²) in [5.74, 6) is -2.48. The summed E-state index contributed by atoms with van der Waals surface area (Å²) < 4.78 is 44.9. The summed E-state index contributed by atoms with van der Waals surface area (Å²) in [5.41, 5.74) is 1.95. The topological polar surface area (TPSA) is 81.2 Å². The van der Waals surface area contributed by atoms with Gasteiger partial charge in [0.1, 0.15) is 5.82 Å². The summed E-state index contributed by atoms with van der Waals surface area (Å²) in [4.78, 5) is 40.6. The molecule has 2 saturated heterocycles. The van der Waals surface area contributed by atoms with Crippen LogP contribution < -0.4 is 4.90 Å². The maximum atomic E-state index is 13.6. The minimum Gasteiger partial charge on any atom is -0.475 e. The number of hydrogen-bond acceptors (Lipinski definition) is 4. The molecule has 45 heavy (non-hydrogen) atoms. The number of anilines is 1. The third-order valence-corrected chi connectivity index (χ3v) is 8.79. The van der Waals surface area contributed by atoms with E-state index in [1.54, 1.807) is 17.0 Å². The Bertz CT molecular complexity index is 1310. The van der Waals surface area contributed by atoms with Crippen molar-refractivity contribution in [2.45, 2.75) is 44.7 Å². The maximum Gasteiger partial charge on any atom is 0.490 e. The third-order valence-electron chi connectivity index (χ3n) is 8.05. The number of carbonyl (C=O) groups excluding carboxylic acids is 2. The minimum atomic E-state index is -5.08. The molecule has 0 bridgehead atoms. The van der Waals surface area contributed by atoms with E-state index in [-0.39, 0.29) is 23.5 Å². The minimum absolute atomic E-state index is 0.0760. The van der Waals surface area contributed by atoms with Crippen molar-refractivity contribution in [2.24, 2.45) is 11.8 Å². The number of piperidine rings is 2. The molecule has 2 aromatic carbocycles. The Labute approximate surface area is 270 Å². The van der Waals surface area contributed by atoms with Crippen molar-refractivity contribution in [3.63, 3.8) is 0 Å². The van der Waals surface area contributed by atoms with Crippen molar-refractivity contribution in [1.29, 1.82) is 0 Å². The van der Waals surface area contributed by atoms with Crippen LogP contribution in [0.3, 0.4) is 0 Å². The first-order chi connectivity index (χ1) is 21.3. The van der Waals surface area contributed by atoms with E-state index in [1.165, 1.54) is 23.8 Å². The van der Waals surface area contributed by atoms with Gasteiger partial charge in [0.05, 0.1) is 10.0 Å². The second-order valence-corrected chi connectivity index (χ2v) is 12.0. The highest BCUT2D eigenvalue weighted by molar-refractivity contribution is 6.42. The SMILES string of the molecule is C=CC(=O)N1CCC(C(=O)N(CCCN2CCC(Cc3ccc(F)cc3)CC2)c2ccc(Cl)c(Cl)c2)CC1.O=C(O)C(F)(F)F. The molecule has 7 nitrogen and oxygen atoms in total. The molecule has 2 aliphatic heterocycles. The largest absolute Gasteiger partial charge is 0.490 e. The van der Waals surface area contributed by atoms with Crippen LogP contribution in [0.1, 0.15) is 37.7 Å². The molecule has 1 N–H and O–H groups in total.